The Hall–Kier alpha value is -2.29. The van der Waals surface area contributed by atoms with Crippen LogP contribution in [0.1, 0.15) is 20.8 Å². The summed E-state index contributed by atoms with van der Waals surface area (Å²) in [6.07, 6.45) is -5.92. The summed E-state index contributed by atoms with van der Waals surface area (Å²) in [5.41, 5.74) is 0.173. The van der Waals surface area contributed by atoms with Gasteiger partial charge in [0.05, 0.1) is 11.6 Å². The molecule has 2 aromatic rings. The number of hydrogen-bond acceptors (Lipinski definition) is 4. The Morgan fingerprint density at radius 2 is 2.04 bits per heavy atom. The monoisotopic (exact) mass is 345 g/mol. The maximum absolute atomic E-state index is 12.8. The zero-order valence-electron chi connectivity index (χ0n) is 13.4. The number of hydrogen-bond donors (Lipinski definition) is 2. The van der Waals surface area contributed by atoms with E-state index < -0.39 is 24.7 Å². The number of nitrogens with one attached hydrogen (secondary N) is 1. The topological polar surface area (TPSA) is 76.4 Å². The quantitative estimate of drug-likeness (QED) is 0.874. The molecule has 1 aromatic carbocycles. The third kappa shape index (κ3) is 4.38. The van der Waals surface area contributed by atoms with Crippen LogP contribution < -0.4 is 10.1 Å². The van der Waals surface area contributed by atoms with Crippen molar-refractivity contribution in [2.24, 2.45) is 0 Å². The molecule has 0 aliphatic carbocycles. The first-order valence-corrected chi connectivity index (χ1v) is 7.29. The fourth-order valence-corrected chi connectivity index (χ4v) is 2.10. The van der Waals surface area contributed by atoms with E-state index in [-0.39, 0.29) is 17.4 Å². The Balaban J connectivity index is 2.49. The van der Waals surface area contributed by atoms with E-state index in [0.717, 1.165) is 4.68 Å². The molecule has 1 amide bonds. The number of halogens is 3. The maximum atomic E-state index is 12.8. The first-order valence-electron chi connectivity index (χ1n) is 7.29. The number of alkyl halides is 3. The number of aliphatic hydroxyl groups is 1. The number of fused-ring (bicyclic) bond motifs is 1. The SMILES string of the molecule is CC(C)Oc1ccc2c(NC(=O)[C@H](C)O)nn(CC(F)(F)F)c2c1. The zero-order valence-corrected chi connectivity index (χ0v) is 13.4. The zero-order chi connectivity index (χ0) is 18.1. The number of carbonyl (C=O) groups excluding carboxylic acids is 1. The molecule has 0 aliphatic heterocycles. The number of amides is 1. The first-order chi connectivity index (χ1) is 11.1. The highest BCUT2D eigenvalue weighted by atomic mass is 19.4. The van der Waals surface area contributed by atoms with Gasteiger partial charge in [-0.3, -0.25) is 9.48 Å². The van der Waals surface area contributed by atoms with Crippen LogP contribution >= 0.6 is 0 Å². The van der Waals surface area contributed by atoms with E-state index in [1.54, 1.807) is 19.9 Å². The number of rotatable bonds is 5. The van der Waals surface area contributed by atoms with Crippen LogP contribution in [0.3, 0.4) is 0 Å². The first kappa shape index (κ1) is 18.1. The highest BCUT2D eigenvalue weighted by Gasteiger charge is 2.30. The van der Waals surface area contributed by atoms with Crippen molar-refractivity contribution in [1.82, 2.24) is 9.78 Å². The lowest BCUT2D eigenvalue weighted by atomic mass is 10.2. The van der Waals surface area contributed by atoms with Crippen molar-refractivity contribution >= 4 is 22.6 Å². The fourth-order valence-electron chi connectivity index (χ4n) is 2.10. The number of nitrogens with zero attached hydrogens (tertiary/aromatic N) is 2. The van der Waals surface area contributed by atoms with E-state index in [9.17, 15) is 23.1 Å². The summed E-state index contributed by atoms with van der Waals surface area (Å²) < 4.78 is 44.5. The van der Waals surface area contributed by atoms with Gasteiger partial charge in [-0.15, -0.1) is 0 Å². The van der Waals surface area contributed by atoms with Crippen molar-refractivity contribution < 1.29 is 27.8 Å². The van der Waals surface area contributed by atoms with Crippen LogP contribution in [0.15, 0.2) is 18.2 Å². The lowest BCUT2D eigenvalue weighted by Gasteiger charge is -2.11. The molecule has 2 N–H and O–H groups in total. The molecule has 0 radical (unpaired) electrons. The molecule has 6 nitrogen and oxygen atoms in total. The molecule has 1 heterocycles. The van der Waals surface area contributed by atoms with Crippen molar-refractivity contribution in [3.63, 3.8) is 0 Å². The smallest absolute Gasteiger partial charge is 0.408 e. The summed E-state index contributed by atoms with van der Waals surface area (Å²) in [5, 5.41) is 15.7. The van der Waals surface area contributed by atoms with E-state index in [0.29, 0.717) is 11.1 Å². The van der Waals surface area contributed by atoms with Crippen LogP contribution in [0.4, 0.5) is 19.0 Å². The number of anilines is 1. The molecule has 1 atom stereocenters. The average Bonchev–Trinajstić information content (AvgIpc) is 2.73. The molecule has 0 aliphatic rings. The highest BCUT2D eigenvalue weighted by Crippen LogP contribution is 2.30. The normalized spacial score (nSPS) is 13.3. The number of ether oxygens (including phenoxy) is 1. The Labute approximate surface area is 136 Å². The van der Waals surface area contributed by atoms with Crippen molar-refractivity contribution in [3.8, 4) is 5.75 Å². The standard InChI is InChI=1S/C15H18F3N3O3/c1-8(2)24-10-4-5-11-12(6-10)21(7-15(16,17)18)20-13(11)19-14(23)9(3)22/h4-6,8-9,22H,7H2,1-3H3,(H,19,20,23)/t9-/m0/s1. The van der Waals surface area contributed by atoms with Crippen molar-refractivity contribution in [2.75, 3.05) is 5.32 Å². The second kappa shape index (κ2) is 6.68. The van der Waals surface area contributed by atoms with Gasteiger partial charge in [-0.25, -0.2) is 0 Å². The summed E-state index contributed by atoms with van der Waals surface area (Å²) in [6, 6.07) is 4.54. The maximum Gasteiger partial charge on any atom is 0.408 e. The molecule has 2 rings (SSSR count). The summed E-state index contributed by atoms with van der Waals surface area (Å²) in [6.45, 7) is 3.54. The highest BCUT2D eigenvalue weighted by molar-refractivity contribution is 6.01. The predicted molar refractivity (Wildman–Crippen MR) is 81.9 cm³/mol. The summed E-state index contributed by atoms with van der Waals surface area (Å²) in [5.74, 6) is -0.401. The lowest BCUT2D eigenvalue weighted by Crippen LogP contribution is -2.25. The minimum absolute atomic E-state index is 0.0451. The van der Waals surface area contributed by atoms with Crippen LogP contribution in [0, 0.1) is 0 Å². The summed E-state index contributed by atoms with van der Waals surface area (Å²) in [7, 11) is 0. The average molecular weight is 345 g/mol. The summed E-state index contributed by atoms with van der Waals surface area (Å²) in [4.78, 5) is 11.6. The van der Waals surface area contributed by atoms with Gasteiger partial charge in [-0.2, -0.15) is 18.3 Å². The molecule has 9 heteroatoms. The molecule has 0 saturated heterocycles. The van der Waals surface area contributed by atoms with E-state index in [1.807, 2.05) is 0 Å². The third-order valence-corrected chi connectivity index (χ3v) is 3.04. The van der Waals surface area contributed by atoms with Crippen molar-refractivity contribution in [2.45, 2.75) is 45.7 Å². The van der Waals surface area contributed by atoms with Gasteiger partial charge in [0.1, 0.15) is 18.4 Å². The van der Waals surface area contributed by atoms with E-state index >= 15 is 0 Å². The van der Waals surface area contributed by atoms with E-state index in [4.69, 9.17) is 4.74 Å². The van der Waals surface area contributed by atoms with Gasteiger partial charge in [0, 0.05) is 11.5 Å². The van der Waals surface area contributed by atoms with E-state index in [1.165, 1.54) is 19.1 Å². The van der Waals surface area contributed by atoms with Gasteiger partial charge < -0.3 is 15.2 Å². The number of benzene rings is 1. The second-order valence-electron chi connectivity index (χ2n) is 5.63. The van der Waals surface area contributed by atoms with Gasteiger partial charge in [0.15, 0.2) is 5.82 Å². The molecule has 24 heavy (non-hydrogen) atoms. The molecular weight excluding hydrogens is 327 g/mol. The molecule has 0 spiro atoms. The van der Waals surface area contributed by atoms with Crippen LogP contribution in [0.5, 0.6) is 5.75 Å². The largest absolute Gasteiger partial charge is 0.491 e. The number of aliphatic hydroxyl groups excluding tert-OH is 1. The fraction of sp³-hybridized carbons (Fsp3) is 0.467. The van der Waals surface area contributed by atoms with Crippen LogP contribution in [0.25, 0.3) is 10.9 Å². The molecule has 132 valence electrons. The Morgan fingerprint density at radius 1 is 1.38 bits per heavy atom. The van der Waals surface area contributed by atoms with Gasteiger partial charge >= 0.3 is 6.18 Å². The van der Waals surface area contributed by atoms with Crippen LogP contribution in [-0.4, -0.2) is 39.2 Å². The third-order valence-electron chi connectivity index (χ3n) is 3.04. The number of carbonyl (C=O) groups is 1. The molecule has 0 saturated carbocycles. The minimum atomic E-state index is -4.47. The van der Waals surface area contributed by atoms with Gasteiger partial charge in [0.2, 0.25) is 0 Å². The van der Waals surface area contributed by atoms with Crippen molar-refractivity contribution in [3.05, 3.63) is 18.2 Å². The van der Waals surface area contributed by atoms with E-state index in [2.05, 4.69) is 10.4 Å². The number of aromatic nitrogens is 2. The second-order valence-corrected chi connectivity index (χ2v) is 5.63. The predicted octanol–water partition coefficient (Wildman–Crippen LogP) is 2.71. The molecule has 1 aromatic heterocycles. The Bertz CT molecular complexity index is 739. The minimum Gasteiger partial charge on any atom is -0.491 e. The van der Waals surface area contributed by atoms with Crippen LogP contribution in [-0.2, 0) is 11.3 Å². The molecule has 0 unspecified atom stereocenters. The van der Waals surface area contributed by atoms with Gasteiger partial charge in [0.25, 0.3) is 5.91 Å². The summed E-state index contributed by atoms with van der Waals surface area (Å²) >= 11 is 0. The van der Waals surface area contributed by atoms with Gasteiger partial charge in [-0.1, -0.05) is 0 Å². The Kier molecular flexibility index (Phi) is 5.02. The Morgan fingerprint density at radius 3 is 2.58 bits per heavy atom. The molecule has 0 fully saturated rings. The lowest BCUT2D eigenvalue weighted by molar-refractivity contribution is -0.141. The van der Waals surface area contributed by atoms with Crippen LogP contribution in [0.2, 0.25) is 0 Å². The molecule has 0 bridgehead atoms. The molecular formula is C15H18F3N3O3. The van der Waals surface area contributed by atoms with Gasteiger partial charge in [-0.05, 0) is 32.9 Å². The van der Waals surface area contributed by atoms with Crippen molar-refractivity contribution in [1.29, 1.82) is 0 Å².